The van der Waals surface area contributed by atoms with Crippen LogP contribution in [0.5, 0.6) is 0 Å². The van der Waals surface area contributed by atoms with E-state index in [1.165, 1.54) is 12.8 Å². The quantitative estimate of drug-likeness (QED) is 0.776. The predicted octanol–water partition coefficient (Wildman–Crippen LogP) is 2.37. The standard InChI is InChI=1S/C14H13N5/c1-2-4-10(5-3-1)14-17-16-13-9-8-12(18-19(13)14)15-11-6-7-11/h1-5,8-9,11H,6-7H2,(H,15,18). The Morgan fingerprint density at radius 3 is 2.63 bits per heavy atom. The molecule has 1 aliphatic rings. The van der Waals surface area contributed by atoms with Gasteiger partial charge in [0.05, 0.1) is 0 Å². The zero-order valence-corrected chi connectivity index (χ0v) is 10.3. The van der Waals surface area contributed by atoms with Crippen molar-refractivity contribution >= 4 is 11.5 Å². The normalized spacial score (nSPS) is 14.7. The molecule has 1 aromatic carbocycles. The van der Waals surface area contributed by atoms with Crippen molar-refractivity contribution in [3.05, 3.63) is 42.5 Å². The van der Waals surface area contributed by atoms with Crippen molar-refractivity contribution in [1.29, 1.82) is 0 Å². The number of fused-ring (bicyclic) bond motifs is 1. The van der Waals surface area contributed by atoms with Gasteiger partial charge in [-0.3, -0.25) is 0 Å². The minimum Gasteiger partial charge on any atom is -0.366 e. The zero-order valence-electron chi connectivity index (χ0n) is 10.3. The topological polar surface area (TPSA) is 55.1 Å². The van der Waals surface area contributed by atoms with Gasteiger partial charge in [0.15, 0.2) is 11.5 Å². The maximum absolute atomic E-state index is 4.57. The van der Waals surface area contributed by atoms with E-state index < -0.39 is 0 Å². The smallest absolute Gasteiger partial charge is 0.185 e. The first kappa shape index (κ1) is 10.5. The molecule has 94 valence electrons. The van der Waals surface area contributed by atoms with Crippen LogP contribution < -0.4 is 5.32 Å². The Morgan fingerprint density at radius 2 is 1.84 bits per heavy atom. The van der Waals surface area contributed by atoms with Crippen molar-refractivity contribution < 1.29 is 0 Å². The highest BCUT2D eigenvalue weighted by atomic mass is 15.4. The number of nitrogens with zero attached hydrogens (tertiary/aromatic N) is 4. The van der Waals surface area contributed by atoms with Crippen molar-refractivity contribution in [1.82, 2.24) is 19.8 Å². The fourth-order valence-electron chi connectivity index (χ4n) is 2.07. The summed E-state index contributed by atoms with van der Waals surface area (Å²) in [6.45, 7) is 0. The molecule has 0 aliphatic heterocycles. The van der Waals surface area contributed by atoms with E-state index in [1.807, 2.05) is 42.5 Å². The molecule has 4 rings (SSSR count). The summed E-state index contributed by atoms with van der Waals surface area (Å²) in [6.07, 6.45) is 2.46. The van der Waals surface area contributed by atoms with E-state index in [0.29, 0.717) is 6.04 Å². The average Bonchev–Trinajstić information content (AvgIpc) is 3.17. The average molecular weight is 251 g/mol. The van der Waals surface area contributed by atoms with Crippen LogP contribution in [0.4, 0.5) is 5.82 Å². The molecule has 0 spiro atoms. The van der Waals surface area contributed by atoms with Crippen LogP contribution in [0, 0.1) is 0 Å². The first-order valence-corrected chi connectivity index (χ1v) is 6.44. The van der Waals surface area contributed by atoms with Crippen LogP contribution in [0.1, 0.15) is 12.8 Å². The van der Waals surface area contributed by atoms with E-state index in [0.717, 1.165) is 22.9 Å². The third kappa shape index (κ3) is 1.93. The monoisotopic (exact) mass is 251 g/mol. The molecule has 3 aromatic rings. The Balaban J connectivity index is 1.82. The lowest BCUT2D eigenvalue weighted by Crippen LogP contribution is -2.06. The number of hydrogen-bond donors (Lipinski definition) is 1. The molecule has 0 bridgehead atoms. The summed E-state index contributed by atoms with van der Waals surface area (Å²) in [4.78, 5) is 0. The van der Waals surface area contributed by atoms with Crippen molar-refractivity contribution in [2.24, 2.45) is 0 Å². The second kappa shape index (κ2) is 4.05. The van der Waals surface area contributed by atoms with Gasteiger partial charge in [-0.2, -0.15) is 4.52 Å². The zero-order chi connectivity index (χ0) is 12.7. The maximum Gasteiger partial charge on any atom is 0.185 e. The van der Waals surface area contributed by atoms with Gasteiger partial charge >= 0.3 is 0 Å². The van der Waals surface area contributed by atoms with Gasteiger partial charge in [0.2, 0.25) is 0 Å². The molecule has 1 N–H and O–H groups in total. The third-order valence-corrected chi connectivity index (χ3v) is 3.22. The highest BCUT2D eigenvalue weighted by molar-refractivity contribution is 5.59. The Bertz CT molecular complexity index is 715. The lowest BCUT2D eigenvalue weighted by molar-refractivity contribution is 0.924. The first-order valence-electron chi connectivity index (χ1n) is 6.44. The summed E-state index contributed by atoms with van der Waals surface area (Å²) in [6, 6.07) is 14.5. The molecule has 0 saturated heterocycles. The summed E-state index contributed by atoms with van der Waals surface area (Å²) in [7, 11) is 0. The van der Waals surface area contributed by atoms with Crippen molar-refractivity contribution in [3.63, 3.8) is 0 Å². The molecule has 2 aromatic heterocycles. The van der Waals surface area contributed by atoms with Crippen LogP contribution in [0.2, 0.25) is 0 Å². The number of nitrogens with one attached hydrogen (secondary N) is 1. The number of aromatic nitrogens is 4. The lowest BCUT2D eigenvalue weighted by atomic mass is 10.2. The van der Waals surface area contributed by atoms with E-state index >= 15 is 0 Å². The van der Waals surface area contributed by atoms with Gasteiger partial charge in [-0.25, -0.2) is 0 Å². The van der Waals surface area contributed by atoms with E-state index in [9.17, 15) is 0 Å². The minimum absolute atomic E-state index is 0.585. The fraction of sp³-hybridized carbons (Fsp3) is 0.214. The van der Waals surface area contributed by atoms with Gasteiger partial charge in [0.1, 0.15) is 5.82 Å². The van der Waals surface area contributed by atoms with Crippen LogP contribution >= 0.6 is 0 Å². The van der Waals surface area contributed by atoms with E-state index in [2.05, 4.69) is 20.6 Å². The molecule has 0 radical (unpaired) electrons. The number of rotatable bonds is 3. The van der Waals surface area contributed by atoms with Crippen LogP contribution in [0.15, 0.2) is 42.5 Å². The van der Waals surface area contributed by atoms with Crippen LogP contribution in [-0.2, 0) is 0 Å². The Labute approximate surface area is 110 Å². The molecule has 0 amide bonds. The first-order chi connectivity index (χ1) is 9.40. The molecule has 1 saturated carbocycles. The van der Waals surface area contributed by atoms with Gasteiger partial charge in [-0.1, -0.05) is 30.3 Å². The summed E-state index contributed by atoms with van der Waals surface area (Å²) in [5.41, 5.74) is 1.78. The number of benzene rings is 1. The Kier molecular flexibility index (Phi) is 2.24. The molecule has 2 heterocycles. The van der Waals surface area contributed by atoms with Crippen molar-refractivity contribution in [3.8, 4) is 11.4 Å². The van der Waals surface area contributed by atoms with E-state index in [1.54, 1.807) is 4.52 Å². The van der Waals surface area contributed by atoms with Gasteiger partial charge in [0, 0.05) is 11.6 Å². The highest BCUT2D eigenvalue weighted by Crippen LogP contribution is 2.24. The SMILES string of the molecule is c1ccc(-c2nnc3ccc(NC4CC4)nn23)cc1. The van der Waals surface area contributed by atoms with Gasteiger partial charge in [-0.15, -0.1) is 15.3 Å². The van der Waals surface area contributed by atoms with Crippen molar-refractivity contribution in [2.75, 3.05) is 5.32 Å². The molecular weight excluding hydrogens is 238 g/mol. The second-order valence-corrected chi connectivity index (χ2v) is 4.80. The maximum atomic E-state index is 4.57. The van der Waals surface area contributed by atoms with Crippen LogP contribution in [-0.4, -0.2) is 25.9 Å². The van der Waals surface area contributed by atoms with Gasteiger partial charge in [-0.05, 0) is 25.0 Å². The third-order valence-electron chi connectivity index (χ3n) is 3.22. The highest BCUT2D eigenvalue weighted by Gasteiger charge is 2.21. The number of hydrogen-bond acceptors (Lipinski definition) is 4. The molecular formula is C14H13N5. The van der Waals surface area contributed by atoms with Crippen LogP contribution in [0.25, 0.3) is 17.0 Å². The molecule has 5 heteroatoms. The van der Waals surface area contributed by atoms with E-state index in [-0.39, 0.29) is 0 Å². The molecule has 5 nitrogen and oxygen atoms in total. The second-order valence-electron chi connectivity index (χ2n) is 4.80. The molecule has 1 aliphatic carbocycles. The molecule has 19 heavy (non-hydrogen) atoms. The van der Waals surface area contributed by atoms with Gasteiger partial charge in [0.25, 0.3) is 0 Å². The van der Waals surface area contributed by atoms with Gasteiger partial charge < -0.3 is 5.32 Å². The Hall–Kier alpha value is -2.43. The summed E-state index contributed by atoms with van der Waals surface area (Å²) >= 11 is 0. The largest absolute Gasteiger partial charge is 0.366 e. The van der Waals surface area contributed by atoms with Crippen molar-refractivity contribution in [2.45, 2.75) is 18.9 Å². The summed E-state index contributed by atoms with van der Waals surface area (Å²) in [5, 5.41) is 16.3. The lowest BCUT2D eigenvalue weighted by Gasteiger charge is -2.04. The number of anilines is 1. The van der Waals surface area contributed by atoms with E-state index in [4.69, 9.17) is 0 Å². The minimum atomic E-state index is 0.585. The Morgan fingerprint density at radius 1 is 1.00 bits per heavy atom. The van der Waals surface area contributed by atoms with Crippen LogP contribution in [0.3, 0.4) is 0 Å². The molecule has 0 unspecified atom stereocenters. The summed E-state index contributed by atoms with van der Waals surface area (Å²) < 4.78 is 1.79. The molecule has 0 atom stereocenters. The predicted molar refractivity (Wildman–Crippen MR) is 72.9 cm³/mol. The summed E-state index contributed by atoms with van der Waals surface area (Å²) in [5.74, 6) is 1.65. The fourth-order valence-corrected chi connectivity index (χ4v) is 2.07. The molecule has 1 fully saturated rings.